The number of anilines is 1. The lowest BCUT2D eigenvalue weighted by atomic mass is 9.98. The topological polar surface area (TPSA) is 117 Å². The van der Waals surface area contributed by atoms with Crippen molar-refractivity contribution in [3.8, 4) is 11.5 Å². The Morgan fingerprint density at radius 1 is 0.976 bits per heavy atom. The molecule has 0 heterocycles. The molecule has 0 saturated carbocycles. The van der Waals surface area contributed by atoms with Crippen LogP contribution in [0, 0.1) is 6.92 Å². The monoisotopic (exact) mass is 575 g/mol. The molecule has 2 atom stereocenters. The number of phenolic OH excluding ortho intramolecular Hbond substituents is 1. The standard InChI is InChI=1S/C33H41N3O6/c1-7-19-36(31(39)28(35-32(40)42-33(3,4)5)21-23-11-15-26(37)16-12-23)29(24-10-8-9-22(2)20-24)30(38)34-25-13-17-27(41-6)18-14-25/h8-18,20,28-29,37H,7,19,21H2,1-6H3,(H,34,38)(H,35,40). The van der Waals surface area contributed by atoms with E-state index in [0.717, 1.165) is 5.56 Å². The van der Waals surface area contributed by atoms with E-state index in [1.54, 1.807) is 64.3 Å². The third-order valence-electron chi connectivity index (χ3n) is 6.39. The first-order valence-electron chi connectivity index (χ1n) is 14.0. The molecule has 0 radical (unpaired) electrons. The van der Waals surface area contributed by atoms with E-state index in [4.69, 9.17) is 9.47 Å². The van der Waals surface area contributed by atoms with Crippen molar-refractivity contribution in [1.29, 1.82) is 0 Å². The minimum Gasteiger partial charge on any atom is -0.508 e. The molecular weight excluding hydrogens is 534 g/mol. The molecule has 0 aromatic heterocycles. The van der Waals surface area contributed by atoms with Crippen LogP contribution in [0.3, 0.4) is 0 Å². The first-order valence-corrected chi connectivity index (χ1v) is 14.0. The van der Waals surface area contributed by atoms with Gasteiger partial charge in [-0.25, -0.2) is 4.79 Å². The van der Waals surface area contributed by atoms with Crippen LogP contribution in [-0.4, -0.2) is 53.2 Å². The maximum Gasteiger partial charge on any atom is 0.408 e. The average molecular weight is 576 g/mol. The number of hydrogen-bond acceptors (Lipinski definition) is 6. The van der Waals surface area contributed by atoms with Crippen molar-refractivity contribution in [1.82, 2.24) is 10.2 Å². The van der Waals surface area contributed by atoms with Crippen molar-refractivity contribution in [3.05, 3.63) is 89.5 Å². The van der Waals surface area contributed by atoms with Gasteiger partial charge in [0.05, 0.1) is 7.11 Å². The van der Waals surface area contributed by atoms with Crippen molar-refractivity contribution >= 4 is 23.6 Å². The average Bonchev–Trinajstić information content (AvgIpc) is 2.92. The van der Waals surface area contributed by atoms with Gasteiger partial charge in [-0.05, 0) is 81.6 Å². The Hall–Kier alpha value is -4.53. The molecular formula is C33H41N3O6. The Bertz CT molecular complexity index is 1350. The molecule has 224 valence electrons. The van der Waals surface area contributed by atoms with Gasteiger partial charge in [0.2, 0.25) is 5.91 Å². The maximum atomic E-state index is 14.4. The van der Waals surface area contributed by atoms with Crippen molar-refractivity contribution in [2.75, 3.05) is 19.0 Å². The van der Waals surface area contributed by atoms with Crippen LogP contribution in [0.2, 0.25) is 0 Å². The van der Waals surface area contributed by atoms with Crippen molar-refractivity contribution in [2.24, 2.45) is 0 Å². The highest BCUT2D eigenvalue weighted by atomic mass is 16.6. The molecule has 0 bridgehead atoms. The molecule has 9 nitrogen and oxygen atoms in total. The Morgan fingerprint density at radius 3 is 2.21 bits per heavy atom. The summed E-state index contributed by atoms with van der Waals surface area (Å²) in [5.41, 5.74) is 2.07. The molecule has 3 N–H and O–H groups in total. The number of rotatable bonds is 11. The molecule has 0 aliphatic rings. The number of methoxy groups -OCH3 is 1. The van der Waals surface area contributed by atoms with Gasteiger partial charge in [-0.2, -0.15) is 0 Å². The molecule has 9 heteroatoms. The number of benzene rings is 3. The second-order valence-electron chi connectivity index (χ2n) is 11.1. The summed E-state index contributed by atoms with van der Waals surface area (Å²) >= 11 is 0. The fourth-order valence-electron chi connectivity index (χ4n) is 4.52. The number of nitrogens with one attached hydrogen (secondary N) is 2. The summed E-state index contributed by atoms with van der Waals surface area (Å²) in [6, 6.07) is 18.8. The van der Waals surface area contributed by atoms with E-state index >= 15 is 0 Å². The van der Waals surface area contributed by atoms with Crippen molar-refractivity contribution < 1.29 is 29.0 Å². The summed E-state index contributed by atoms with van der Waals surface area (Å²) in [6.07, 6.45) is -0.0487. The molecule has 2 unspecified atom stereocenters. The molecule has 3 amide bonds. The zero-order valence-electron chi connectivity index (χ0n) is 25.1. The molecule has 42 heavy (non-hydrogen) atoms. The van der Waals surface area contributed by atoms with Crippen LogP contribution in [0.25, 0.3) is 0 Å². The number of aryl methyl sites for hydroxylation is 1. The van der Waals surface area contributed by atoms with E-state index in [2.05, 4.69) is 10.6 Å². The number of phenols is 1. The normalized spacial score (nSPS) is 12.5. The number of aromatic hydroxyl groups is 1. The third kappa shape index (κ3) is 9.26. The number of carbonyl (C=O) groups excluding carboxylic acids is 3. The maximum absolute atomic E-state index is 14.4. The molecule has 0 fully saturated rings. The first-order chi connectivity index (χ1) is 19.9. The molecule has 3 aromatic rings. The molecule has 3 aromatic carbocycles. The summed E-state index contributed by atoms with van der Waals surface area (Å²) in [6.45, 7) is 9.32. The second-order valence-corrected chi connectivity index (χ2v) is 11.1. The predicted molar refractivity (Wildman–Crippen MR) is 163 cm³/mol. The minimum atomic E-state index is -1.04. The number of carbonyl (C=O) groups is 3. The van der Waals surface area contributed by atoms with Crippen LogP contribution < -0.4 is 15.4 Å². The highest BCUT2D eigenvalue weighted by Crippen LogP contribution is 2.27. The van der Waals surface area contributed by atoms with Crippen molar-refractivity contribution in [2.45, 2.75) is 65.1 Å². The number of hydrogen-bond donors (Lipinski definition) is 3. The Labute approximate surface area is 247 Å². The van der Waals surface area contributed by atoms with Gasteiger partial charge in [-0.15, -0.1) is 0 Å². The van der Waals surface area contributed by atoms with Gasteiger partial charge in [-0.1, -0.05) is 48.9 Å². The zero-order valence-corrected chi connectivity index (χ0v) is 25.1. The molecule has 0 aliphatic heterocycles. The van der Waals surface area contributed by atoms with Gasteiger partial charge in [-0.3, -0.25) is 9.59 Å². The predicted octanol–water partition coefficient (Wildman–Crippen LogP) is 5.76. The van der Waals surface area contributed by atoms with E-state index in [-0.39, 0.29) is 18.7 Å². The summed E-state index contributed by atoms with van der Waals surface area (Å²) in [5, 5.41) is 15.4. The lowest BCUT2D eigenvalue weighted by Crippen LogP contribution is -2.53. The highest BCUT2D eigenvalue weighted by molar-refractivity contribution is 5.99. The largest absolute Gasteiger partial charge is 0.508 e. The molecule has 0 spiro atoms. The number of alkyl carbamates (subject to hydrolysis) is 1. The van der Waals surface area contributed by atoms with Crippen LogP contribution in [0.5, 0.6) is 11.5 Å². The first kappa shape index (κ1) is 32.0. The van der Waals surface area contributed by atoms with E-state index < -0.39 is 35.6 Å². The van der Waals surface area contributed by atoms with Crippen LogP contribution in [-0.2, 0) is 20.7 Å². The minimum absolute atomic E-state index is 0.0871. The summed E-state index contributed by atoms with van der Waals surface area (Å²) in [5.74, 6) is -0.0965. The van der Waals surface area contributed by atoms with E-state index in [1.807, 2.05) is 38.1 Å². The fraction of sp³-hybridized carbons (Fsp3) is 0.364. The van der Waals surface area contributed by atoms with Gasteiger partial charge < -0.3 is 30.1 Å². The zero-order chi connectivity index (χ0) is 30.9. The molecule has 0 aliphatic carbocycles. The number of ether oxygens (including phenoxy) is 2. The Morgan fingerprint density at radius 2 is 1.64 bits per heavy atom. The third-order valence-corrected chi connectivity index (χ3v) is 6.39. The summed E-state index contributed by atoms with van der Waals surface area (Å²) in [7, 11) is 1.56. The molecule has 3 rings (SSSR count). The smallest absolute Gasteiger partial charge is 0.408 e. The lowest BCUT2D eigenvalue weighted by Gasteiger charge is -2.34. The molecule has 0 saturated heterocycles. The summed E-state index contributed by atoms with van der Waals surface area (Å²) < 4.78 is 10.7. The second kappa shape index (κ2) is 14.4. The van der Waals surface area contributed by atoms with Gasteiger partial charge in [0.25, 0.3) is 5.91 Å². The fourth-order valence-corrected chi connectivity index (χ4v) is 4.52. The Kier molecular flexibility index (Phi) is 11.0. The van der Waals surface area contributed by atoms with Gasteiger partial charge in [0.1, 0.15) is 29.2 Å². The van der Waals surface area contributed by atoms with Crippen LogP contribution in [0.1, 0.15) is 56.8 Å². The Balaban J connectivity index is 2.02. The lowest BCUT2D eigenvalue weighted by molar-refractivity contribution is -0.140. The van der Waals surface area contributed by atoms with Crippen molar-refractivity contribution in [3.63, 3.8) is 0 Å². The van der Waals surface area contributed by atoms with Crippen LogP contribution in [0.15, 0.2) is 72.8 Å². The quantitative estimate of drug-likeness (QED) is 0.268. The van der Waals surface area contributed by atoms with E-state index in [0.29, 0.717) is 29.0 Å². The number of amides is 3. The number of nitrogens with zero attached hydrogens (tertiary/aromatic N) is 1. The van der Waals surface area contributed by atoms with Gasteiger partial charge >= 0.3 is 6.09 Å². The van der Waals surface area contributed by atoms with E-state index in [9.17, 15) is 19.5 Å². The van der Waals surface area contributed by atoms with Gasteiger partial charge in [0, 0.05) is 18.7 Å². The summed E-state index contributed by atoms with van der Waals surface area (Å²) in [4.78, 5) is 42.7. The SMILES string of the molecule is CCCN(C(=O)C(Cc1ccc(O)cc1)NC(=O)OC(C)(C)C)C(C(=O)Nc1ccc(OC)cc1)c1cccc(C)c1. The van der Waals surface area contributed by atoms with Gasteiger partial charge in [0.15, 0.2) is 0 Å². The highest BCUT2D eigenvalue weighted by Gasteiger charge is 2.36. The van der Waals surface area contributed by atoms with E-state index in [1.165, 1.54) is 17.0 Å². The van der Waals surface area contributed by atoms with Crippen LogP contribution in [0.4, 0.5) is 10.5 Å². The van der Waals surface area contributed by atoms with Crippen LogP contribution >= 0.6 is 0 Å².